The van der Waals surface area contributed by atoms with E-state index in [9.17, 15) is 13.6 Å². The predicted octanol–water partition coefficient (Wildman–Crippen LogP) is 3.37. The molecular weight excluding hydrogens is 198 g/mol. The Kier molecular flexibility index (Phi) is 2.93. The molecule has 0 radical (unpaired) electrons. The van der Waals surface area contributed by atoms with Gasteiger partial charge in [0, 0.05) is 0 Å². The Bertz CT molecular complexity index is 380. The van der Waals surface area contributed by atoms with E-state index in [4.69, 9.17) is 0 Å². The molecule has 82 valence electrons. The molecular formula is C12H14F2O. The van der Waals surface area contributed by atoms with Crippen molar-refractivity contribution >= 4 is 5.78 Å². The summed E-state index contributed by atoms with van der Waals surface area (Å²) >= 11 is 0. The summed E-state index contributed by atoms with van der Waals surface area (Å²) in [6.07, 6.45) is 0. The summed E-state index contributed by atoms with van der Waals surface area (Å²) in [5.74, 6) is -1.46. The molecule has 0 atom stereocenters. The lowest BCUT2D eigenvalue weighted by atomic mass is 9.93. The van der Waals surface area contributed by atoms with Gasteiger partial charge >= 0.3 is 0 Å². The minimum Gasteiger partial charge on any atom is -0.290 e. The molecule has 1 aromatic rings. The zero-order valence-corrected chi connectivity index (χ0v) is 9.32. The van der Waals surface area contributed by atoms with Gasteiger partial charge in [-0.2, -0.15) is 0 Å². The molecule has 0 heterocycles. The van der Waals surface area contributed by atoms with Gasteiger partial charge in [-0.3, -0.25) is 4.79 Å². The van der Waals surface area contributed by atoms with E-state index in [-0.39, 0.29) is 5.56 Å². The number of carbonyl (C=O) groups excluding carboxylic acids is 1. The van der Waals surface area contributed by atoms with Gasteiger partial charge in [0.05, 0.1) is 5.56 Å². The molecule has 0 N–H and O–H groups in total. The number of aryl methyl sites for hydroxylation is 2. The number of alkyl halides is 1. The summed E-state index contributed by atoms with van der Waals surface area (Å²) in [6.45, 7) is 5.60. The molecule has 0 bridgehead atoms. The summed E-state index contributed by atoms with van der Waals surface area (Å²) in [5, 5.41) is 0. The molecule has 0 unspecified atom stereocenters. The number of ketones is 1. The first kappa shape index (κ1) is 11.8. The number of hydrogen-bond donors (Lipinski definition) is 0. The third kappa shape index (κ3) is 2.41. The van der Waals surface area contributed by atoms with Crippen molar-refractivity contribution < 1.29 is 13.6 Å². The normalized spacial score (nSPS) is 11.6. The lowest BCUT2D eigenvalue weighted by Crippen LogP contribution is -2.27. The fourth-order valence-corrected chi connectivity index (χ4v) is 1.50. The van der Waals surface area contributed by atoms with Crippen LogP contribution in [-0.2, 0) is 0 Å². The second-order valence-electron chi connectivity index (χ2n) is 4.24. The second-order valence-corrected chi connectivity index (χ2v) is 4.24. The number of benzene rings is 1. The molecule has 0 saturated carbocycles. The molecule has 0 saturated heterocycles. The second kappa shape index (κ2) is 3.72. The van der Waals surface area contributed by atoms with Crippen LogP contribution in [0, 0.1) is 19.7 Å². The summed E-state index contributed by atoms with van der Waals surface area (Å²) in [4.78, 5) is 11.6. The lowest BCUT2D eigenvalue weighted by molar-refractivity contribution is 0.0755. The largest absolute Gasteiger partial charge is 0.290 e. The average Bonchev–Trinajstić information content (AvgIpc) is 1.99. The van der Waals surface area contributed by atoms with Gasteiger partial charge in [-0.25, -0.2) is 8.78 Å². The average molecular weight is 212 g/mol. The molecule has 0 aliphatic rings. The zero-order valence-electron chi connectivity index (χ0n) is 9.32. The zero-order chi connectivity index (χ0) is 11.8. The highest BCUT2D eigenvalue weighted by atomic mass is 19.1. The van der Waals surface area contributed by atoms with Crippen molar-refractivity contribution in [1.29, 1.82) is 0 Å². The Balaban J connectivity index is 3.33. The van der Waals surface area contributed by atoms with Crippen LogP contribution in [0.2, 0.25) is 0 Å². The Labute approximate surface area is 88.1 Å². The monoisotopic (exact) mass is 212 g/mol. The molecule has 0 spiro atoms. The summed E-state index contributed by atoms with van der Waals surface area (Å²) in [6, 6.07) is 2.91. The van der Waals surface area contributed by atoms with Crippen molar-refractivity contribution in [2.45, 2.75) is 33.4 Å². The van der Waals surface area contributed by atoms with Gasteiger partial charge in [-0.1, -0.05) is 6.07 Å². The number of hydrogen-bond acceptors (Lipinski definition) is 1. The number of rotatable bonds is 2. The molecule has 3 heteroatoms. The van der Waals surface area contributed by atoms with Crippen molar-refractivity contribution in [2.75, 3.05) is 0 Å². The van der Waals surface area contributed by atoms with Gasteiger partial charge < -0.3 is 0 Å². The summed E-state index contributed by atoms with van der Waals surface area (Å²) in [5.41, 5.74) is -0.990. The van der Waals surface area contributed by atoms with E-state index in [1.54, 1.807) is 19.9 Å². The highest BCUT2D eigenvalue weighted by Crippen LogP contribution is 2.23. The van der Waals surface area contributed by atoms with Crippen LogP contribution in [0.3, 0.4) is 0 Å². The van der Waals surface area contributed by atoms with E-state index < -0.39 is 17.3 Å². The first-order valence-corrected chi connectivity index (χ1v) is 4.74. The van der Waals surface area contributed by atoms with E-state index in [1.165, 1.54) is 6.07 Å². The van der Waals surface area contributed by atoms with Gasteiger partial charge in [0.15, 0.2) is 5.67 Å². The van der Waals surface area contributed by atoms with E-state index in [0.29, 0.717) is 5.56 Å². The first-order chi connectivity index (χ1) is 6.73. The maximum absolute atomic E-state index is 13.5. The van der Waals surface area contributed by atoms with Gasteiger partial charge in [-0.05, 0) is 44.9 Å². The lowest BCUT2D eigenvalue weighted by Gasteiger charge is -2.15. The van der Waals surface area contributed by atoms with Gasteiger partial charge in [-0.15, -0.1) is 0 Å². The summed E-state index contributed by atoms with van der Waals surface area (Å²) < 4.78 is 26.9. The van der Waals surface area contributed by atoms with Crippen LogP contribution in [0.5, 0.6) is 0 Å². The Morgan fingerprint density at radius 3 is 2.20 bits per heavy atom. The third-order valence-corrected chi connectivity index (χ3v) is 2.20. The van der Waals surface area contributed by atoms with Crippen molar-refractivity contribution in [1.82, 2.24) is 0 Å². The standard InChI is InChI=1S/C12H14F2O/c1-7-5-8(2)10(9(13)6-7)11(15)12(3,4)14/h5-6H,1-4H3. The van der Waals surface area contributed by atoms with E-state index >= 15 is 0 Å². The van der Waals surface area contributed by atoms with Crippen LogP contribution in [0.1, 0.15) is 35.3 Å². The van der Waals surface area contributed by atoms with Crippen LogP contribution in [-0.4, -0.2) is 11.5 Å². The van der Waals surface area contributed by atoms with Gasteiger partial charge in [0.25, 0.3) is 0 Å². The van der Waals surface area contributed by atoms with Crippen molar-refractivity contribution in [3.63, 3.8) is 0 Å². The minimum atomic E-state index is -2.04. The molecule has 0 amide bonds. The third-order valence-electron chi connectivity index (χ3n) is 2.20. The minimum absolute atomic E-state index is 0.145. The molecule has 1 rings (SSSR count). The van der Waals surface area contributed by atoms with Crippen LogP contribution in [0.4, 0.5) is 8.78 Å². The first-order valence-electron chi connectivity index (χ1n) is 4.74. The Morgan fingerprint density at radius 2 is 1.80 bits per heavy atom. The highest BCUT2D eigenvalue weighted by molar-refractivity contribution is 6.03. The van der Waals surface area contributed by atoms with E-state index in [0.717, 1.165) is 19.4 Å². The fourth-order valence-electron chi connectivity index (χ4n) is 1.50. The topological polar surface area (TPSA) is 17.1 Å². The number of carbonyl (C=O) groups is 1. The van der Waals surface area contributed by atoms with Crippen molar-refractivity contribution in [3.8, 4) is 0 Å². The molecule has 0 fully saturated rings. The summed E-state index contributed by atoms with van der Waals surface area (Å²) in [7, 11) is 0. The SMILES string of the molecule is Cc1cc(C)c(C(=O)C(C)(C)F)c(F)c1. The van der Waals surface area contributed by atoms with Crippen LogP contribution in [0.15, 0.2) is 12.1 Å². The molecule has 1 aromatic carbocycles. The van der Waals surface area contributed by atoms with E-state index in [1.807, 2.05) is 0 Å². The molecule has 0 aromatic heterocycles. The Morgan fingerprint density at radius 1 is 1.27 bits per heavy atom. The maximum Gasteiger partial charge on any atom is 0.202 e. The molecule has 1 nitrogen and oxygen atoms in total. The highest BCUT2D eigenvalue weighted by Gasteiger charge is 2.31. The molecule has 0 aliphatic heterocycles. The van der Waals surface area contributed by atoms with Crippen LogP contribution >= 0.6 is 0 Å². The smallest absolute Gasteiger partial charge is 0.202 e. The maximum atomic E-state index is 13.5. The van der Waals surface area contributed by atoms with Crippen molar-refractivity contribution in [3.05, 3.63) is 34.6 Å². The van der Waals surface area contributed by atoms with E-state index in [2.05, 4.69) is 0 Å². The quantitative estimate of drug-likeness (QED) is 0.687. The molecule has 0 aliphatic carbocycles. The van der Waals surface area contributed by atoms with Crippen LogP contribution < -0.4 is 0 Å². The van der Waals surface area contributed by atoms with Crippen LogP contribution in [0.25, 0.3) is 0 Å². The fraction of sp³-hybridized carbons (Fsp3) is 0.417. The number of halogens is 2. The Hall–Kier alpha value is -1.25. The van der Waals surface area contributed by atoms with Gasteiger partial charge in [0.2, 0.25) is 5.78 Å². The predicted molar refractivity (Wildman–Crippen MR) is 55.4 cm³/mol. The van der Waals surface area contributed by atoms with Crippen molar-refractivity contribution in [2.24, 2.45) is 0 Å². The number of Topliss-reactive ketones (excluding diaryl/α,β-unsaturated/α-hetero) is 1. The van der Waals surface area contributed by atoms with Gasteiger partial charge in [0.1, 0.15) is 5.82 Å². The molecule has 15 heavy (non-hydrogen) atoms.